The van der Waals surface area contributed by atoms with Crippen molar-refractivity contribution in [3.63, 3.8) is 0 Å². The van der Waals surface area contributed by atoms with E-state index in [1.165, 1.54) is 11.1 Å². The van der Waals surface area contributed by atoms with Crippen molar-refractivity contribution in [1.82, 2.24) is 0 Å². The SMILES string of the molecule is CC(=O)CCC(C)c1ccc(C(C)(C)C)cc1. The van der Waals surface area contributed by atoms with Crippen LogP contribution in [0.4, 0.5) is 0 Å². The molecule has 1 nitrogen and oxygen atoms in total. The van der Waals surface area contributed by atoms with Crippen molar-refractivity contribution in [2.75, 3.05) is 0 Å². The molecule has 1 rings (SSSR count). The van der Waals surface area contributed by atoms with Gasteiger partial charge >= 0.3 is 0 Å². The molecular formula is C16H24O. The highest BCUT2D eigenvalue weighted by atomic mass is 16.1. The predicted molar refractivity (Wildman–Crippen MR) is 73.5 cm³/mol. The van der Waals surface area contributed by atoms with E-state index in [0.717, 1.165) is 6.42 Å². The molecule has 0 aromatic heterocycles. The lowest BCUT2D eigenvalue weighted by atomic mass is 9.85. The first-order valence-corrected chi connectivity index (χ1v) is 6.40. The number of Topliss-reactive ketones (excluding diaryl/α,β-unsaturated/α-hetero) is 1. The standard InChI is InChI=1S/C16H24O/c1-12(6-7-13(2)17)14-8-10-15(11-9-14)16(3,4)5/h8-12H,6-7H2,1-5H3. The average molecular weight is 232 g/mol. The van der Waals surface area contributed by atoms with E-state index in [0.29, 0.717) is 12.3 Å². The number of carbonyl (C=O) groups is 1. The van der Waals surface area contributed by atoms with Crippen molar-refractivity contribution >= 4 is 5.78 Å². The number of hydrogen-bond acceptors (Lipinski definition) is 1. The zero-order chi connectivity index (χ0) is 13.1. The van der Waals surface area contributed by atoms with Crippen LogP contribution in [0.5, 0.6) is 0 Å². The number of ketones is 1. The summed E-state index contributed by atoms with van der Waals surface area (Å²) in [5.41, 5.74) is 2.90. The molecule has 1 aromatic rings. The molecule has 0 amide bonds. The summed E-state index contributed by atoms with van der Waals surface area (Å²) in [5.74, 6) is 0.746. The van der Waals surface area contributed by atoms with E-state index in [9.17, 15) is 4.79 Å². The lowest BCUT2D eigenvalue weighted by Gasteiger charge is -2.20. The Hall–Kier alpha value is -1.11. The molecule has 17 heavy (non-hydrogen) atoms. The molecule has 0 bridgehead atoms. The maximum absolute atomic E-state index is 11.0. The van der Waals surface area contributed by atoms with Gasteiger partial charge < -0.3 is 4.79 Å². The van der Waals surface area contributed by atoms with Crippen molar-refractivity contribution in [2.45, 2.75) is 58.8 Å². The number of carbonyl (C=O) groups excluding carboxylic acids is 1. The van der Waals surface area contributed by atoms with Crippen LogP contribution in [0, 0.1) is 0 Å². The molecule has 94 valence electrons. The minimum Gasteiger partial charge on any atom is -0.300 e. The van der Waals surface area contributed by atoms with Crippen molar-refractivity contribution in [3.8, 4) is 0 Å². The normalized spacial score (nSPS) is 13.5. The van der Waals surface area contributed by atoms with Crippen LogP contribution >= 0.6 is 0 Å². The second-order valence-corrected chi connectivity index (χ2v) is 6.01. The summed E-state index contributed by atoms with van der Waals surface area (Å²) in [6.45, 7) is 10.5. The van der Waals surface area contributed by atoms with Crippen LogP contribution in [0.25, 0.3) is 0 Å². The van der Waals surface area contributed by atoms with Crippen LogP contribution < -0.4 is 0 Å². The molecule has 1 atom stereocenters. The van der Waals surface area contributed by atoms with Gasteiger partial charge in [-0.3, -0.25) is 0 Å². The van der Waals surface area contributed by atoms with E-state index in [1.54, 1.807) is 6.92 Å². The van der Waals surface area contributed by atoms with E-state index in [1.807, 2.05) is 0 Å². The Bertz CT molecular complexity index is 368. The number of hydrogen-bond donors (Lipinski definition) is 0. The van der Waals surface area contributed by atoms with Gasteiger partial charge in [-0.05, 0) is 35.8 Å². The van der Waals surface area contributed by atoms with Crippen LogP contribution in [-0.4, -0.2) is 5.78 Å². The molecule has 0 aliphatic carbocycles. The van der Waals surface area contributed by atoms with Crippen LogP contribution in [-0.2, 0) is 10.2 Å². The van der Waals surface area contributed by atoms with Crippen LogP contribution in [0.2, 0.25) is 0 Å². The van der Waals surface area contributed by atoms with Gasteiger partial charge in [0.15, 0.2) is 0 Å². The largest absolute Gasteiger partial charge is 0.300 e. The van der Waals surface area contributed by atoms with Gasteiger partial charge in [-0.25, -0.2) is 0 Å². The maximum atomic E-state index is 11.0. The summed E-state index contributed by atoms with van der Waals surface area (Å²) in [7, 11) is 0. The molecule has 1 heteroatoms. The van der Waals surface area contributed by atoms with Crippen molar-refractivity contribution in [3.05, 3.63) is 35.4 Å². The minimum absolute atomic E-state index is 0.209. The number of rotatable bonds is 4. The molecule has 0 fully saturated rings. The third kappa shape index (κ3) is 4.33. The van der Waals surface area contributed by atoms with E-state index in [4.69, 9.17) is 0 Å². The highest BCUT2D eigenvalue weighted by molar-refractivity contribution is 5.75. The fourth-order valence-corrected chi connectivity index (χ4v) is 1.90. The van der Waals surface area contributed by atoms with Crippen molar-refractivity contribution < 1.29 is 4.79 Å². The first-order chi connectivity index (χ1) is 7.80. The van der Waals surface area contributed by atoms with Gasteiger partial charge in [0.2, 0.25) is 0 Å². The van der Waals surface area contributed by atoms with Gasteiger partial charge in [0.1, 0.15) is 5.78 Å². The zero-order valence-electron chi connectivity index (χ0n) is 11.7. The van der Waals surface area contributed by atoms with Crippen LogP contribution in [0.1, 0.15) is 64.5 Å². The second-order valence-electron chi connectivity index (χ2n) is 6.01. The fraction of sp³-hybridized carbons (Fsp3) is 0.562. The van der Waals surface area contributed by atoms with Crippen molar-refractivity contribution in [1.29, 1.82) is 0 Å². The molecule has 0 radical (unpaired) electrons. The molecule has 1 aromatic carbocycles. The third-order valence-corrected chi connectivity index (χ3v) is 3.28. The first kappa shape index (κ1) is 14.0. The smallest absolute Gasteiger partial charge is 0.129 e. The van der Waals surface area contributed by atoms with Gasteiger partial charge in [0.25, 0.3) is 0 Å². The molecule has 0 heterocycles. The summed E-state index contributed by atoms with van der Waals surface area (Å²) >= 11 is 0. The van der Waals surface area contributed by atoms with Crippen molar-refractivity contribution in [2.24, 2.45) is 0 Å². The van der Waals surface area contributed by atoms with Gasteiger partial charge in [0.05, 0.1) is 0 Å². The summed E-state index contributed by atoms with van der Waals surface area (Å²) in [6, 6.07) is 8.82. The molecule has 0 saturated carbocycles. The van der Waals surface area contributed by atoms with E-state index in [2.05, 4.69) is 52.0 Å². The fourth-order valence-electron chi connectivity index (χ4n) is 1.90. The Labute approximate surface area is 105 Å². The molecule has 1 unspecified atom stereocenters. The molecule has 0 aliphatic rings. The second kappa shape index (κ2) is 5.48. The Balaban J connectivity index is 2.70. The van der Waals surface area contributed by atoms with Gasteiger partial charge in [-0.15, -0.1) is 0 Å². The topological polar surface area (TPSA) is 17.1 Å². The molecular weight excluding hydrogens is 208 g/mol. The first-order valence-electron chi connectivity index (χ1n) is 6.40. The Morgan fingerprint density at radius 3 is 2.12 bits per heavy atom. The van der Waals surface area contributed by atoms with E-state index < -0.39 is 0 Å². The summed E-state index contributed by atoms with van der Waals surface area (Å²) in [6.07, 6.45) is 1.63. The summed E-state index contributed by atoms with van der Waals surface area (Å²) < 4.78 is 0. The molecule has 0 spiro atoms. The molecule has 0 N–H and O–H groups in total. The average Bonchev–Trinajstić information content (AvgIpc) is 2.25. The van der Waals surface area contributed by atoms with Crippen LogP contribution in [0.3, 0.4) is 0 Å². The number of benzene rings is 1. The minimum atomic E-state index is 0.209. The summed E-state index contributed by atoms with van der Waals surface area (Å²) in [5, 5.41) is 0. The summed E-state index contributed by atoms with van der Waals surface area (Å²) in [4.78, 5) is 11.0. The molecule has 0 aliphatic heterocycles. The van der Waals surface area contributed by atoms with Gasteiger partial charge in [0, 0.05) is 6.42 Å². The Morgan fingerprint density at radius 1 is 1.18 bits per heavy atom. The highest BCUT2D eigenvalue weighted by Crippen LogP contribution is 2.26. The monoisotopic (exact) mass is 232 g/mol. The Kier molecular flexibility index (Phi) is 4.50. The van der Waals surface area contributed by atoms with Gasteiger partial charge in [-0.1, -0.05) is 52.0 Å². The molecule has 0 saturated heterocycles. The maximum Gasteiger partial charge on any atom is 0.129 e. The highest BCUT2D eigenvalue weighted by Gasteiger charge is 2.14. The third-order valence-electron chi connectivity index (χ3n) is 3.28. The van der Waals surface area contributed by atoms with E-state index in [-0.39, 0.29) is 11.2 Å². The Morgan fingerprint density at radius 2 is 1.71 bits per heavy atom. The van der Waals surface area contributed by atoms with Crippen LogP contribution in [0.15, 0.2) is 24.3 Å². The lowest BCUT2D eigenvalue weighted by molar-refractivity contribution is -0.117. The predicted octanol–water partition coefficient (Wildman–Crippen LogP) is 4.46. The van der Waals surface area contributed by atoms with Gasteiger partial charge in [-0.2, -0.15) is 0 Å². The zero-order valence-corrected chi connectivity index (χ0v) is 11.7. The quantitative estimate of drug-likeness (QED) is 0.749. The lowest BCUT2D eigenvalue weighted by Crippen LogP contribution is -2.11. The van der Waals surface area contributed by atoms with E-state index >= 15 is 0 Å².